The highest BCUT2D eigenvalue weighted by molar-refractivity contribution is 5.77. The average molecular weight is 397 g/mol. The number of ether oxygens (including phenoxy) is 1. The van der Waals surface area contributed by atoms with Crippen molar-refractivity contribution in [1.29, 1.82) is 0 Å². The van der Waals surface area contributed by atoms with Crippen LogP contribution in [-0.2, 0) is 13.6 Å². The highest BCUT2D eigenvalue weighted by atomic mass is 16.5. The number of rotatable bonds is 5. The average Bonchev–Trinajstić information content (AvgIpc) is 3.22. The lowest BCUT2D eigenvalue weighted by atomic mass is 10.3. The van der Waals surface area contributed by atoms with Crippen LogP contribution in [0.3, 0.4) is 0 Å². The molecular formula is C20H23N5O4. The van der Waals surface area contributed by atoms with Gasteiger partial charge < -0.3 is 9.84 Å². The third kappa shape index (κ3) is 2.69. The standard InChI is InChI=1S/C20H23N5O4/c1-12-13(2)25-16-17(22(3)20(28)23(18(16)27)10-5-11-26)21-19(25)24(12)14-6-8-15(29-4)9-7-14/h6-9,26H,5,10-11H2,1-4H3. The molecule has 0 aliphatic heterocycles. The molecule has 4 aromatic rings. The van der Waals surface area contributed by atoms with Crippen LogP contribution in [0.15, 0.2) is 33.9 Å². The van der Waals surface area contributed by atoms with Crippen LogP contribution in [0.2, 0.25) is 0 Å². The van der Waals surface area contributed by atoms with Gasteiger partial charge in [0, 0.05) is 37.3 Å². The Morgan fingerprint density at radius 2 is 1.79 bits per heavy atom. The molecule has 4 rings (SSSR count). The third-order valence-electron chi connectivity index (χ3n) is 5.39. The summed E-state index contributed by atoms with van der Waals surface area (Å²) < 4.78 is 11.5. The molecule has 0 radical (unpaired) electrons. The number of hydrogen-bond acceptors (Lipinski definition) is 5. The number of imidazole rings is 2. The summed E-state index contributed by atoms with van der Waals surface area (Å²) in [5, 5.41) is 9.12. The zero-order valence-corrected chi connectivity index (χ0v) is 16.8. The summed E-state index contributed by atoms with van der Waals surface area (Å²) in [5.41, 5.74) is 2.52. The van der Waals surface area contributed by atoms with Crippen LogP contribution in [0.5, 0.6) is 5.75 Å². The molecule has 152 valence electrons. The number of hydrogen-bond donors (Lipinski definition) is 1. The van der Waals surface area contributed by atoms with E-state index in [2.05, 4.69) is 4.98 Å². The van der Waals surface area contributed by atoms with E-state index in [0.29, 0.717) is 23.4 Å². The molecule has 29 heavy (non-hydrogen) atoms. The van der Waals surface area contributed by atoms with Gasteiger partial charge in [0.05, 0.1) is 7.11 Å². The maximum absolute atomic E-state index is 13.2. The van der Waals surface area contributed by atoms with Gasteiger partial charge in [-0.15, -0.1) is 0 Å². The lowest BCUT2D eigenvalue weighted by Gasteiger charge is -2.08. The van der Waals surface area contributed by atoms with Crippen molar-refractivity contribution in [1.82, 2.24) is 23.1 Å². The second-order valence-corrected chi connectivity index (χ2v) is 7.00. The van der Waals surface area contributed by atoms with Gasteiger partial charge in [-0.1, -0.05) is 0 Å². The van der Waals surface area contributed by atoms with E-state index in [9.17, 15) is 9.59 Å². The lowest BCUT2D eigenvalue weighted by molar-refractivity contribution is 0.277. The molecule has 0 saturated heterocycles. The highest BCUT2D eigenvalue weighted by Gasteiger charge is 2.23. The van der Waals surface area contributed by atoms with Crippen molar-refractivity contribution in [3.8, 4) is 11.4 Å². The van der Waals surface area contributed by atoms with Crippen LogP contribution in [0, 0.1) is 13.8 Å². The monoisotopic (exact) mass is 397 g/mol. The number of fused-ring (bicyclic) bond motifs is 3. The molecule has 0 unspecified atom stereocenters. The lowest BCUT2D eigenvalue weighted by Crippen LogP contribution is -2.39. The molecule has 1 aromatic carbocycles. The Kier molecular flexibility index (Phi) is 4.54. The van der Waals surface area contributed by atoms with Gasteiger partial charge in [0.1, 0.15) is 5.75 Å². The first-order valence-corrected chi connectivity index (χ1v) is 9.35. The van der Waals surface area contributed by atoms with E-state index < -0.39 is 11.2 Å². The molecule has 0 saturated carbocycles. The maximum Gasteiger partial charge on any atom is 0.332 e. The van der Waals surface area contributed by atoms with Crippen molar-refractivity contribution in [2.45, 2.75) is 26.8 Å². The Balaban J connectivity index is 2.09. The van der Waals surface area contributed by atoms with Gasteiger partial charge in [0.15, 0.2) is 11.2 Å². The zero-order chi connectivity index (χ0) is 20.9. The van der Waals surface area contributed by atoms with E-state index >= 15 is 0 Å². The maximum atomic E-state index is 13.2. The summed E-state index contributed by atoms with van der Waals surface area (Å²) in [5.74, 6) is 1.31. The Morgan fingerprint density at radius 3 is 2.41 bits per heavy atom. The first-order valence-electron chi connectivity index (χ1n) is 9.35. The van der Waals surface area contributed by atoms with E-state index in [1.54, 1.807) is 18.6 Å². The Labute approximate surface area is 166 Å². The van der Waals surface area contributed by atoms with E-state index in [1.807, 2.05) is 42.7 Å². The summed E-state index contributed by atoms with van der Waals surface area (Å²) in [6.07, 6.45) is 0.327. The molecule has 0 aliphatic rings. The van der Waals surface area contributed by atoms with Crippen LogP contribution >= 0.6 is 0 Å². The molecule has 0 fully saturated rings. The number of aliphatic hydroxyl groups is 1. The fraction of sp³-hybridized carbons (Fsp3) is 0.350. The Morgan fingerprint density at radius 1 is 1.10 bits per heavy atom. The molecule has 0 amide bonds. The van der Waals surface area contributed by atoms with Gasteiger partial charge in [0.25, 0.3) is 5.56 Å². The predicted octanol–water partition coefficient (Wildman–Crippen LogP) is 1.15. The number of aryl methyl sites for hydroxylation is 2. The fourth-order valence-electron chi connectivity index (χ4n) is 3.72. The van der Waals surface area contributed by atoms with Crippen molar-refractivity contribution in [3.63, 3.8) is 0 Å². The highest BCUT2D eigenvalue weighted by Crippen LogP contribution is 2.25. The van der Waals surface area contributed by atoms with Crippen molar-refractivity contribution in [3.05, 3.63) is 56.5 Å². The minimum absolute atomic E-state index is 0.0958. The molecule has 3 heterocycles. The summed E-state index contributed by atoms with van der Waals surface area (Å²) >= 11 is 0. The number of benzene rings is 1. The fourth-order valence-corrected chi connectivity index (χ4v) is 3.72. The summed E-state index contributed by atoms with van der Waals surface area (Å²) in [4.78, 5) is 30.5. The van der Waals surface area contributed by atoms with E-state index in [4.69, 9.17) is 9.84 Å². The minimum Gasteiger partial charge on any atom is -0.497 e. The van der Waals surface area contributed by atoms with Crippen LogP contribution in [0.4, 0.5) is 0 Å². The van der Waals surface area contributed by atoms with Crippen molar-refractivity contribution in [2.75, 3.05) is 13.7 Å². The molecular weight excluding hydrogens is 374 g/mol. The molecule has 9 nitrogen and oxygen atoms in total. The first-order chi connectivity index (χ1) is 13.9. The van der Waals surface area contributed by atoms with Gasteiger partial charge >= 0.3 is 5.69 Å². The van der Waals surface area contributed by atoms with Crippen molar-refractivity contribution >= 4 is 16.9 Å². The topological polar surface area (TPSA) is 95.7 Å². The third-order valence-corrected chi connectivity index (χ3v) is 5.39. The smallest absolute Gasteiger partial charge is 0.332 e. The van der Waals surface area contributed by atoms with E-state index in [-0.39, 0.29) is 13.2 Å². The molecule has 0 atom stereocenters. The SMILES string of the molecule is COc1ccc(-n2c(C)c(C)n3c4c(=O)n(CCCO)c(=O)n(C)c4nc23)cc1. The zero-order valence-electron chi connectivity index (χ0n) is 16.8. The van der Waals surface area contributed by atoms with Crippen LogP contribution in [-0.4, -0.2) is 41.9 Å². The van der Waals surface area contributed by atoms with E-state index in [1.165, 1.54) is 4.57 Å². The largest absolute Gasteiger partial charge is 0.497 e. The normalized spacial score (nSPS) is 11.6. The Bertz CT molecular complexity index is 1340. The van der Waals surface area contributed by atoms with Crippen molar-refractivity contribution < 1.29 is 9.84 Å². The van der Waals surface area contributed by atoms with E-state index in [0.717, 1.165) is 27.4 Å². The van der Waals surface area contributed by atoms with Crippen LogP contribution in [0.25, 0.3) is 22.6 Å². The number of nitrogens with zero attached hydrogens (tertiary/aromatic N) is 5. The van der Waals surface area contributed by atoms with Crippen LogP contribution in [0.1, 0.15) is 17.8 Å². The van der Waals surface area contributed by atoms with Crippen LogP contribution < -0.4 is 16.0 Å². The molecule has 0 spiro atoms. The minimum atomic E-state index is -0.443. The van der Waals surface area contributed by atoms with Gasteiger partial charge in [-0.2, -0.15) is 4.98 Å². The number of aromatic nitrogens is 5. The van der Waals surface area contributed by atoms with Gasteiger partial charge in [0.2, 0.25) is 5.78 Å². The summed E-state index contributed by atoms with van der Waals surface area (Å²) in [6, 6.07) is 7.56. The molecule has 3 aromatic heterocycles. The predicted molar refractivity (Wildman–Crippen MR) is 109 cm³/mol. The van der Waals surface area contributed by atoms with Gasteiger partial charge in [-0.25, -0.2) is 4.79 Å². The van der Waals surface area contributed by atoms with Gasteiger partial charge in [-0.05, 0) is 44.5 Å². The quantitative estimate of drug-likeness (QED) is 0.545. The van der Waals surface area contributed by atoms with Gasteiger partial charge in [-0.3, -0.25) is 22.9 Å². The summed E-state index contributed by atoms with van der Waals surface area (Å²) in [7, 11) is 3.22. The second kappa shape index (κ2) is 6.93. The second-order valence-electron chi connectivity index (χ2n) is 7.00. The molecule has 9 heteroatoms. The molecule has 1 N–H and O–H groups in total. The number of aliphatic hydroxyl groups excluding tert-OH is 1. The Hall–Kier alpha value is -3.33. The number of methoxy groups -OCH3 is 1. The molecule has 0 aliphatic carbocycles. The van der Waals surface area contributed by atoms with Crippen molar-refractivity contribution in [2.24, 2.45) is 7.05 Å². The molecule has 0 bridgehead atoms. The first kappa shape index (κ1) is 19.0. The summed E-state index contributed by atoms with van der Waals surface area (Å²) in [6.45, 7) is 3.95.